The fraction of sp³-hybridized carbons (Fsp3) is 0.533. The van der Waals surface area contributed by atoms with Gasteiger partial charge >= 0.3 is 6.09 Å². The van der Waals surface area contributed by atoms with E-state index in [-0.39, 0.29) is 24.6 Å². The first kappa shape index (κ1) is 17.7. The number of morpholine rings is 1. The summed E-state index contributed by atoms with van der Waals surface area (Å²) < 4.78 is 11.2. The number of amides is 1. The number of hydrogen-bond donors (Lipinski definition) is 1. The van der Waals surface area contributed by atoms with Crippen molar-refractivity contribution < 1.29 is 31.6 Å². The number of allylic oxidation sites excluding steroid dienone is 1. The number of nitrogens with zero attached hydrogens (tertiary/aromatic N) is 3. The van der Waals surface area contributed by atoms with Crippen molar-refractivity contribution in [2.24, 2.45) is 9.98 Å². The van der Waals surface area contributed by atoms with Gasteiger partial charge in [-0.2, -0.15) is 4.99 Å². The molecule has 126 valence electrons. The van der Waals surface area contributed by atoms with Crippen LogP contribution in [0.25, 0.3) is 0 Å². The Morgan fingerprint density at radius 2 is 2.26 bits per heavy atom. The predicted octanol–water partition coefficient (Wildman–Crippen LogP) is -2.68. The van der Waals surface area contributed by atoms with Crippen molar-refractivity contribution in [1.29, 1.82) is 0 Å². The first-order valence-electron chi connectivity index (χ1n) is 7.39. The smallest absolute Gasteiger partial charge is 0.410 e. The van der Waals surface area contributed by atoms with Crippen molar-refractivity contribution in [2.75, 3.05) is 19.7 Å². The first-order chi connectivity index (χ1) is 10.4. The molecule has 3 aliphatic rings. The number of ether oxygens (including phenoxy) is 2. The molecule has 1 N–H and O–H groups in total. The van der Waals surface area contributed by atoms with Gasteiger partial charge in [-0.25, -0.2) is 9.69 Å². The summed E-state index contributed by atoms with van der Waals surface area (Å²) in [5.74, 6) is 0. The molecule has 2 atom stereocenters. The highest BCUT2D eigenvalue weighted by molar-refractivity contribution is 5.82. The molecule has 0 spiro atoms. The number of hydrogen-bond acceptors (Lipinski definition) is 5. The standard InChI is InChI=1S/C15H20N4O3.ClH/c1-15(2,3)22-14(20)18-6-7-21-12(9-18)13-11-8-16-4-5-19(11)10-17-13;/h4-5,8,10,12H,6-7,9H2,1-3H3;1H. The summed E-state index contributed by atoms with van der Waals surface area (Å²) in [5, 5.41) is 0. The normalized spacial score (nSPS) is 26.1. The van der Waals surface area contributed by atoms with Crippen LogP contribution in [0, 0.1) is 0 Å². The summed E-state index contributed by atoms with van der Waals surface area (Å²) in [4.78, 5) is 23.5. The number of rotatable bonds is 1. The van der Waals surface area contributed by atoms with E-state index in [9.17, 15) is 4.79 Å². The van der Waals surface area contributed by atoms with Gasteiger partial charge < -0.3 is 26.8 Å². The highest BCUT2D eigenvalue weighted by atomic mass is 35.5. The molecule has 0 aromatic heterocycles. The van der Waals surface area contributed by atoms with Crippen molar-refractivity contribution >= 4 is 18.6 Å². The number of carbonyl (C=O) groups is 1. The van der Waals surface area contributed by atoms with Gasteiger partial charge in [0.15, 0.2) is 12.0 Å². The fourth-order valence-corrected chi connectivity index (χ4v) is 2.50. The lowest BCUT2D eigenvalue weighted by Crippen LogP contribution is -3.04. The minimum absolute atomic E-state index is 0. The molecule has 2 unspecified atom stereocenters. The topological polar surface area (TPSA) is 67.9 Å². The Morgan fingerprint density at radius 3 is 3.00 bits per heavy atom. The SMILES string of the molecule is CC(C)(C)OC(=O)N1CCOC(C2=C3C=NC=C[NH+]3C=N2)C1.[Cl-]. The molecule has 0 aromatic rings. The van der Waals surface area contributed by atoms with Crippen LogP contribution in [-0.2, 0) is 9.47 Å². The van der Waals surface area contributed by atoms with Crippen LogP contribution in [0.4, 0.5) is 4.79 Å². The van der Waals surface area contributed by atoms with E-state index >= 15 is 0 Å². The number of nitrogens with one attached hydrogen (secondary N) is 1. The molecule has 1 fully saturated rings. The Morgan fingerprint density at radius 1 is 1.48 bits per heavy atom. The zero-order valence-electron chi connectivity index (χ0n) is 13.5. The van der Waals surface area contributed by atoms with Crippen molar-refractivity contribution in [3.63, 3.8) is 0 Å². The van der Waals surface area contributed by atoms with Gasteiger partial charge in [-0.15, -0.1) is 0 Å². The monoisotopic (exact) mass is 340 g/mol. The average Bonchev–Trinajstić information content (AvgIpc) is 2.89. The number of aliphatic imine (C=N–C) groups is 2. The fourth-order valence-electron chi connectivity index (χ4n) is 2.50. The second-order valence-electron chi connectivity index (χ2n) is 6.39. The summed E-state index contributed by atoms with van der Waals surface area (Å²) in [7, 11) is 0. The summed E-state index contributed by atoms with van der Waals surface area (Å²) >= 11 is 0. The molecular formula is C15H21ClN4O3. The van der Waals surface area contributed by atoms with E-state index in [4.69, 9.17) is 9.47 Å². The van der Waals surface area contributed by atoms with E-state index in [1.807, 2.05) is 33.3 Å². The third-order valence-corrected chi connectivity index (χ3v) is 3.50. The molecule has 0 radical (unpaired) electrons. The Balaban J connectivity index is 0.00000192. The predicted molar refractivity (Wildman–Crippen MR) is 81.7 cm³/mol. The van der Waals surface area contributed by atoms with Crippen LogP contribution in [0.5, 0.6) is 0 Å². The Bertz CT molecular complexity index is 592. The number of halogens is 1. The maximum absolute atomic E-state index is 12.2. The molecule has 3 rings (SSSR count). The Hall–Kier alpha value is -1.70. The van der Waals surface area contributed by atoms with E-state index in [0.717, 1.165) is 16.3 Å². The van der Waals surface area contributed by atoms with Crippen LogP contribution in [-0.4, -0.2) is 54.9 Å². The van der Waals surface area contributed by atoms with Crippen LogP contribution in [0.3, 0.4) is 0 Å². The molecule has 1 amide bonds. The van der Waals surface area contributed by atoms with E-state index < -0.39 is 5.60 Å². The van der Waals surface area contributed by atoms with Crippen molar-refractivity contribution in [2.45, 2.75) is 32.5 Å². The van der Waals surface area contributed by atoms with Gasteiger partial charge in [-0.1, -0.05) is 0 Å². The summed E-state index contributed by atoms with van der Waals surface area (Å²) in [6.07, 6.45) is 6.69. The average molecular weight is 341 g/mol. The third-order valence-electron chi connectivity index (χ3n) is 3.50. The van der Waals surface area contributed by atoms with E-state index in [2.05, 4.69) is 9.98 Å². The third kappa shape index (κ3) is 3.99. The van der Waals surface area contributed by atoms with Crippen LogP contribution >= 0.6 is 0 Å². The van der Waals surface area contributed by atoms with Crippen LogP contribution < -0.4 is 17.3 Å². The van der Waals surface area contributed by atoms with Gasteiger partial charge in [0, 0.05) is 6.54 Å². The lowest BCUT2D eigenvalue weighted by Gasteiger charge is -2.33. The van der Waals surface area contributed by atoms with E-state index in [1.165, 1.54) is 0 Å². The lowest BCUT2D eigenvalue weighted by atomic mass is 10.1. The maximum atomic E-state index is 12.2. The molecule has 0 bridgehead atoms. The van der Waals surface area contributed by atoms with Crippen molar-refractivity contribution in [3.05, 3.63) is 23.8 Å². The number of quaternary nitrogens is 1. The Labute approximate surface area is 141 Å². The summed E-state index contributed by atoms with van der Waals surface area (Å²) in [6.45, 7) is 7.03. The van der Waals surface area contributed by atoms with Crippen LogP contribution in [0.15, 0.2) is 33.8 Å². The van der Waals surface area contributed by atoms with Crippen LogP contribution in [0.1, 0.15) is 20.8 Å². The van der Waals surface area contributed by atoms with Crippen molar-refractivity contribution in [1.82, 2.24) is 4.90 Å². The second kappa shape index (κ2) is 6.82. The maximum Gasteiger partial charge on any atom is 0.410 e. The quantitative estimate of drug-likeness (QED) is 0.566. The molecule has 7 nitrogen and oxygen atoms in total. The highest BCUT2D eigenvalue weighted by Gasteiger charge is 2.35. The van der Waals surface area contributed by atoms with E-state index in [1.54, 1.807) is 17.3 Å². The van der Waals surface area contributed by atoms with Gasteiger partial charge in [0.1, 0.15) is 23.6 Å². The molecule has 3 aliphatic heterocycles. The van der Waals surface area contributed by atoms with Gasteiger partial charge in [0.05, 0.1) is 25.6 Å². The van der Waals surface area contributed by atoms with E-state index in [0.29, 0.717) is 19.7 Å². The number of carbonyl (C=O) groups excluding carboxylic acids is 1. The van der Waals surface area contributed by atoms with Crippen LogP contribution in [0.2, 0.25) is 0 Å². The highest BCUT2D eigenvalue weighted by Crippen LogP contribution is 2.20. The largest absolute Gasteiger partial charge is 1.00 e. The van der Waals surface area contributed by atoms with Gasteiger partial charge in [0.2, 0.25) is 0 Å². The number of fused-ring (bicyclic) bond motifs is 1. The molecule has 1 saturated heterocycles. The molecular weight excluding hydrogens is 320 g/mol. The van der Waals surface area contributed by atoms with Crippen molar-refractivity contribution in [3.8, 4) is 0 Å². The van der Waals surface area contributed by atoms with Gasteiger partial charge in [0.25, 0.3) is 0 Å². The summed E-state index contributed by atoms with van der Waals surface area (Å²) in [5.41, 5.74) is 1.30. The van der Waals surface area contributed by atoms with Gasteiger partial charge in [-0.05, 0) is 20.8 Å². The molecule has 23 heavy (non-hydrogen) atoms. The zero-order valence-corrected chi connectivity index (χ0v) is 14.2. The second-order valence-corrected chi connectivity index (χ2v) is 6.39. The zero-order chi connectivity index (χ0) is 15.7. The minimum Gasteiger partial charge on any atom is -1.00 e. The molecule has 8 heteroatoms. The molecule has 0 aliphatic carbocycles. The molecule has 0 aromatic carbocycles. The minimum atomic E-state index is -0.500. The Kier molecular flexibility index (Phi) is 5.23. The van der Waals surface area contributed by atoms with Gasteiger partial charge in [-0.3, -0.25) is 4.99 Å². The lowest BCUT2D eigenvalue weighted by molar-refractivity contribution is -0.682. The first-order valence-corrected chi connectivity index (χ1v) is 7.39. The molecule has 3 heterocycles. The summed E-state index contributed by atoms with van der Waals surface area (Å²) in [6, 6.07) is 0. The molecule has 0 saturated carbocycles.